The third-order valence-electron chi connectivity index (χ3n) is 5.10. The quantitative estimate of drug-likeness (QED) is 0.599. The molecular formula is C21H21F3N6O3. The normalized spacial score (nSPS) is 14.8. The number of aromatic nitrogens is 5. The minimum Gasteiger partial charge on any atom is -0.477 e. The number of nitrogens with one attached hydrogen (secondary N) is 1. The van der Waals surface area contributed by atoms with Crippen LogP contribution in [0, 0.1) is 5.92 Å². The van der Waals surface area contributed by atoms with Crippen molar-refractivity contribution >= 4 is 11.6 Å². The summed E-state index contributed by atoms with van der Waals surface area (Å²) in [6, 6.07) is 3.31. The lowest BCUT2D eigenvalue weighted by atomic mass is 10.0. The first-order valence-corrected chi connectivity index (χ1v) is 10.2. The van der Waals surface area contributed by atoms with Gasteiger partial charge in [-0.05, 0) is 30.9 Å². The highest BCUT2D eigenvalue weighted by Crippen LogP contribution is 2.28. The maximum atomic E-state index is 12.8. The highest BCUT2D eigenvalue weighted by Gasteiger charge is 2.32. The third kappa shape index (κ3) is 5.64. The van der Waals surface area contributed by atoms with Gasteiger partial charge in [0.1, 0.15) is 17.1 Å². The molecule has 3 aromatic rings. The lowest BCUT2D eigenvalue weighted by Gasteiger charge is -2.22. The van der Waals surface area contributed by atoms with E-state index in [1.807, 2.05) is 0 Å². The van der Waals surface area contributed by atoms with Crippen molar-refractivity contribution in [2.24, 2.45) is 13.0 Å². The first-order chi connectivity index (χ1) is 15.8. The van der Waals surface area contributed by atoms with Crippen molar-refractivity contribution in [1.29, 1.82) is 0 Å². The van der Waals surface area contributed by atoms with Gasteiger partial charge in [-0.15, -0.1) is 0 Å². The van der Waals surface area contributed by atoms with E-state index in [0.717, 1.165) is 31.2 Å². The molecule has 0 saturated carbocycles. The molecule has 0 radical (unpaired) electrons. The van der Waals surface area contributed by atoms with Crippen LogP contribution in [0.1, 0.15) is 29.0 Å². The van der Waals surface area contributed by atoms with Gasteiger partial charge in [-0.1, -0.05) is 0 Å². The summed E-state index contributed by atoms with van der Waals surface area (Å²) in [6.07, 6.45) is 1.24. The van der Waals surface area contributed by atoms with Gasteiger partial charge in [0.05, 0.1) is 31.0 Å². The number of aryl methyl sites for hydroxylation is 1. The fraction of sp³-hybridized carbons (Fsp3) is 0.381. The lowest BCUT2D eigenvalue weighted by molar-refractivity contribution is -0.141. The molecule has 0 spiro atoms. The molecule has 4 heterocycles. The van der Waals surface area contributed by atoms with E-state index in [9.17, 15) is 18.0 Å². The van der Waals surface area contributed by atoms with Gasteiger partial charge >= 0.3 is 6.18 Å². The molecule has 174 valence electrons. The Hall–Kier alpha value is -3.54. The number of alkyl halides is 3. The van der Waals surface area contributed by atoms with Gasteiger partial charge in [-0.3, -0.25) is 4.79 Å². The van der Waals surface area contributed by atoms with Crippen LogP contribution in [-0.4, -0.2) is 50.2 Å². The molecule has 4 rings (SSSR count). The molecule has 0 aliphatic carbocycles. The van der Waals surface area contributed by atoms with E-state index < -0.39 is 17.8 Å². The topological polar surface area (TPSA) is 104 Å². The smallest absolute Gasteiger partial charge is 0.433 e. The van der Waals surface area contributed by atoms with E-state index in [1.165, 1.54) is 6.07 Å². The fourth-order valence-corrected chi connectivity index (χ4v) is 3.25. The molecule has 1 amide bonds. The number of halogens is 3. The molecular weight excluding hydrogens is 441 g/mol. The standard InChI is InChI=1S/C21H21F3N6O3/c1-30-12-25-10-16(30)19-28-15(8-18(29-19)33-11-13-4-6-32-7-5-13)20(31)27-14-2-3-17(26-9-14)21(22,23)24/h2-3,8-10,12-13H,4-7,11H2,1H3,(H,27,31). The molecule has 3 aromatic heterocycles. The van der Waals surface area contributed by atoms with Crippen LogP contribution in [0.15, 0.2) is 36.9 Å². The van der Waals surface area contributed by atoms with E-state index in [1.54, 1.807) is 24.1 Å². The largest absolute Gasteiger partial charge is 0.477 e. The predicted molar refractivity (Wildman–Crippen MR) is 110 cm³/mol. The molecule has 9 nitrogen and oxygen atoms in total. The number of carbonyl (C=O) groups is 1. The number of amides is 1. The Bertz CT molecular complexity index is 1110. The van der Waals surface area contributed by atoms with Crippen LogP contribution >= 0.6 is 0 Å². The Kier molecular flexibility index (Phi) is 6.54. The predicted octanol–water partition coefficient (Wildman–Crippen LogP) is 3.35. The summed E-state index contributed by atoms with van der Waals surface area (Å²) in [5, 5.41) is 2.50. The fourth-order valence-electron chi connectivity index (χ4n) is 3.25. The number of carbonyl (C=O) groups excluding carboxylic acids is 1. The van der Waals surface area contributed by atoms with E-state index in [-0.39, 0.29) is 23.1 Å². The zero-order chi connectivity index (χ0) is 23.4. The Labute approximate surface area is 187 Å². The molecule has 0 unspecified atom stereocenters. The van der Waals surface area contributed by atoms with Crippen molar-refractivity contribution in [1.82, 2.24) is 24.5 Å². The molecule has 33 heavy (non-hydrogen) atoms. The second kappa shape index (κ2) is 9.53. The average molecular weight is 462 g/mol. The average Bonchev–Trinajstić information content (AvgIpc) is 3.24. The van der Waals surface area contributed by atoms with Gasteiger partial charge < -0.3 is 19.4 Å². The van der Waals surface area contributed by atoms with Crippen LogP contribution in [0.2, 0.25) is 0 Å². The highest BCUT2D eigenvalue weighted by molar-refractivity contribution is 6.03. The Balaban J connectivity index is 1.56. The second-order valence-electron chi connectivity index (χ2n) is 7.56. The van der Waals surface area contributed by atoms with Crippen molar-refractivity contribution in [3.63, 3.8) is 0 Å². The Morgan fingerprint density at radius 3 is 2.67 bits per heavy atom. The number of pyridine rings is 1. The number of anilines is 1. The van der Waals surface area contributed by atoms with Gasteiger partial charge in [0.2, 0.25) is 5.88 Å². The monoisotopic (exact) mass is 462 g/mol. The van der Waals surface area contributed by atoms with Crippen molar-refractivity contribution in [3.05, 3.63) is 48.3 Å². The summed E-state index contributed by atoms with van der Waals surface area (Å²) in [7, 11) is 1.76. The highest BCUT2D eigenvalue weighted by atomic mass is 19.4. The number of nitrogens with zero attached hydrogens (tertiary/aromatic N) is 5. The van der Waals surface area contributed by atoms with Gasteiger partial charge in [-0.2, -0.15) is 18.2 Å². The van der Waals surface area contributed by atoms with Gasteiger partial charge in [0.15, 0.2) is 5.82 Å². The summed E-state index contributed by atoms with van der Waals surface area (Å²) in [4.78, 5) is 28.9. The Morgan fingerprint density at radius 2 is 2.03 bits per heavy atom. The van der Waals surface area contributed by atoms with E-state index in [4.69, 9.17) is 9.47 Å². The van der Waals surface area contributed by atoms with Crippen LogP contribution in [0.5, 0.6) is 5.88 Å². The van der Waals surface area contributed by atoms with Gasteiger partial charge in [0.25, 0.3) is 5.91 Å². The summed E-state index contributed by atoms with van der Waals surface area (Å²) >= 11 is 0. The molecule has 1 N–H and O–H groups in total. The van der Waals surface area contributed by atoms with Crippen LogP contribution in [0.3, 0.4) is 0 Å². The molecule has 0 aromatic carbocycles. The third-order valence-corrected chi connectivity index (χ3v) is 5.10. The van der Waals surface area contributed by atoms with Crippen molar-refractivity contribution in [3.8, 4) is 17.4 Å². The van der Waals surface area contributed by atoms with Crippen LogP contribution in [-0.2, 0) is 18.0 Å². The second-order valence-corrected chi connectivity index (χ2v) is 7.56. The molecule has 12 heteroatoms. The zero-order valence-corrected chi connectivity index (χ0v) is 17.7. The van der Waals surface area contributed by atoms with E-state index in [2.05, 4.69) is 25.3 Å². The number of imidazole rings is 1. The molecule has 1 fully saturated rings. The maximum Gasteiger partial charge on any atom is 0.433 e. The van der Waals surface area contributed by atoms with Crippen LogP contribution < -0.4 is 10.1 Å². The van der Waals surface area contributed by atoms with Gasteiger partial charge in [-0.25, -0.2) is 15.0 Å². The Morgan fingerprint density at radius 1 is 1.24 bits per heavy atom. The van der Waals surface area contributed by atoms with Crippen molar-refractivity contribution in [2.45, 2.75) is 19.0 Å². The maximum absolute atomic E-state index is 12.8. The molecule has 1 aliphatic rings. The number of hydrogen-bond acceptors (Lipinski definition) is 7. The molecule has 0 atom stereocenters. The van der Waals surface area contributed by atoms with Crippen LogP contribution in [0.25, 0.3) is 11.5 Å². The van der Waals surface area contributed by atoms with Crippen LogP contribution in [0.4, 0.5) is 18.9 Å². The minimum absolute atomic E-state index is 0.0110. The summed E-state index contributed by atoms with van der Waals surface area (Å²) in [5.74, 6) is 0.112. The van der Waals surface area contributed by atoms with E-state index in [0.29, 0.717) is 31.4 Å². The van der Waals surface area contributed by atoms with E-state index >= 15 is 0 Å². The SMILES string of the molecule is Cn1cncc1-c1nc(OCC2CCOCC2)cc(C(=O)Nc2ccc(C(F)(F)F)nc2)n1. The molecule has 1 saturated heterocycles. The minimum atomic E-state index is -4.57. The van der Waals surface area contributed by atoms with Crippen molar-refractivity contribution in [2.75, 3.05) is 25.1 Å². The molecule has 1 aliphatic heterocycles. The number of ether oxygens (including phenoxy) is 2. The lowest BCUT2D eigenvalue weighted by Crippen LogP contribution is -2.22. The van der Waals surface area contributed by atoms with Gasteiger partial charge in [0, 0.05) is 26.3 Å². The summed E-state index contributed by atoms with van der Waals surface area (Å²) < 4.78 is 51.1. The number of rotatable bonds is 6. The zero-order valence-electron chi connectivity index (χ0n) is 17.7. The summed E-state index contributed by atoms with van der Waals surface area (Å²) in [6.45, 7) is 1.76. The first kappa shape index (κ1) is 22.6. The van der Waals surface area contributed by atoms with Crippen molar-refractivity contribution < 1.29 is 27.4 Å². The number of hydrogen-bond donors (Lipinski definition) is 1. The molecule has 0 bridgehead atoms. The summed E-state index contributed by atoms with van der Waals surface area (Å²) in [5.41, 5.74) is -0.400. The first-order valence-electron chi connectivity index (χ1n) is 10.2.